The van der Waals surface area contributed by atoms with Crippen molar-refractivity contribution in [2.45, 2.75) is 42.6 Å². The monoisotopic (exact) mass is 230 g/mol. The summed E-state index contributed by atoms with van der Waals surface area (Å²) in [6.45, 7) is 0. The molecule has 2 heterocycles. The average molecular weight is 230 g/mol. The summed E-state index contributed by atoms with van der Waals surface area (Å²) in [5.41, 5.74) is 1.01. The van der Waals surface area contributed by atoms with Crippen LogP contribution >= 0.6 is 0 Å². The van der Waals surface area contributed by atoms with Crippen molar-refractivity contribution in [3.8, 4) is 0 Å². The van der Waals surface area contributed by atoms with Gasteiger partial charge in [0, 0.05) is 0 Å². The number of fused-ring (bicyclic) bond motifs is 2. The lowest BCUT2D eigenvalue weighted by molar-refractivity contribution is -0.136. The van der Waals surface area contributed by atoms with E-state index in [1.54, 1.807) is 6.08 Å². The van der Waals surface area contributed by atoms with E-state index in [1.807, 2.05) is 0 Å². The second-order valence-electron chi connectivity index (χ2n) is 4.28. The summed E-state index contributed by atoms with van der Waals surface area (Å²) >= 11 is 0. The van der Waals surface area contributed by atoms with Crippen molar-refractivity contribution in [2.75, 3.05) is 0 Å². The van der Waals surface area contributed by atoms with Crippen molar-refractivity contribution in [1.82, 2.24) is 0 Å². The van der Waals surface area contributed by atoms with Crippen LogP contribution in [0.3, 0.4) is 0 Å². The summed E-state index contributed by atoms with van der Waals surface area (Å²) in [5, 5.41) is 8.05. The van der Waals surface area contributed by atoms with E-state index in [0.717, 1.165) is 18.4 Å². The molecule has 0 aromatic carbocycles. The molecule has 0 saturated carbocycles. The number of sulfone groups is 1. The summed E-state index contributed by atoms with van der Waals surface area (Å²) < 4.78 is 23.4. The van der Waals surface area contributed by atoms with Gasteiger partial charge in [0.1, 0.15) is 0 Å². The van der Waals surface area contributed by atoms with E-state index in [-0.39, 0.29) is 16.9 Å². The van der Waals surface area contributed by atoms with Gasteiger partial charge in [-0.2, -0.15) is 0 Å². The van der Waals surface area contributed by atoms with Gasteiger partial charge in [0.2, 0.25) is 0 Å². The van der Waals surface area contributed by atoms with Crippen LogP contribution in [-0.4, -0.2) is 30.0 Å². The maximum Gasteiger partial charge on any atom is 0.307 e. The Morgan fingerprint density at radius 2 is 1.87 bits per heavy atom. The summed E-state index contributed by atoms with van der Waals surface area (Å²) in [6, 6.07) is 0. The maximum absolute atomic E-state index is 11.7. The van der Waals surface area contributed by atoms with E-state index in [2.05, 4.69) is 0 Å². The number of aliphatic carboxylic acids is 1. The number of rotatable bonds is 2. The van der Waals surface area contributed by atoms with Crippen LogP contribution in [0.4, 0.5) is 0 Å². The fraction of sp³-hybridized carbons (Fsp3) is 0.700. The molecule has 4 nitrogen and oxygen atoms in total. The van der Waals surface area contributed by atoms with Crippen LogP contribution in [0.15, 0.2) is 11.6 Å². The molecule has 84 valence electrons. The van der Waals surface area contributed by atoms with Crippen LogP contribution in [0.1, 0.15) is 32.1 Å². The third kappa shape index (κ3) is 1.93. The van der Waals surface area contributed by atoms with Gasteiger partial charge in [-0.25, -0.2) is 8.42 Å². The second kappa shape index (κ2) is 3.63. The predicted molar refractivity (Wildman–Crippen MR) is 55.3 cm³/mol. The second-order valence-corrected chi connectivity index (χ2v) is 6.79. The number of hydrogen-bond acceptors (Lipinski definition) is 3. The van der Waals surface area contributed by atoms with Gasteiger partial charge in [-0.1, -0.05) is 11.6 Å². The topological polar surface area (TPSA) is 71.4 Å². The van der Waals surface area contributed by atoms with Gasteiger partial charge in [-0.15, -0.1) is 0 Å². The third-order valence-electron chi connectivity index (χ3n) is 3.28. The van der Waals surface area contributed by atoms with Crippen LogP contribution in [0.25, 0.3) is 0 Å². The molecule has 2 atom stereocenters. The molecule has 0 aromatic rings. The van der Waals surface area contributed by atoms with E-state index >= 15 is 0 Å². The number of carboxylic acids is 1. The fourth-order valence-electron chi connectivity index (χ4n) is 2.48. The highest BCUT2D eigenvalue weighted by molar-refractivity contribution is 7.93. The van der Waals surface area contributed by atoms with Crippen molar-refractivity contribution in [2.24, 2.45) is 0 Å². The fourth-order valence-corrected chi connectivity index (χ4v) is 4.84. The van der Waals surface area contributed by atoms with Crippen LogP contribution in [0, 0.1) is 0 Å². The molecule has 2 aliphatic rings. The van der Waals surface area contributed by atoms with Gasteiger partial charge < -0.3 is 5.11 Å². The zero-order valence-electron chi connectivity index (χ0n) is 8.35. The minimum absolute atomic E-state index is 0.00875. The molecule has 0 aliphatic carbocycles. The molecular weight excluding hydrogens is 216 g/mol. The highest BCUT2D eigenvalue weighted by Gasteiger charge is 2.44. The molecule has 15 heavy (non-hydrogen) atoms. The average Bonchev–Trinajstić information content (AvgIpc) is 2.40. The Morgan fingerprint density at radius 1 is 1.33 bits per heavy atom. The van der Waals surface area contributed by atoms with Crippen LogP contribution < -0.4 is 0 Å². The molecule has 2 aliphatic heterocycles. The molecule has 0 aromatic heterocycles. The van der Waals surface area contributed by atoms with Gasteiger partial charge in [-0.05, 0) is 25.7 Å². The molecule has 1 N–H and O–H groups in total. The lowest BCUT2D eigenvalue weighted by atomic mass is 10.1. The molecule has 0 spiro atoms. The van der Waals surface area contributed by atoms with Crippen LogP contribution in [0.2, 0.25) is 0 Å². The highest BCUT2D eigenvalue weighted by atomic mass is 32.2. The Hall–Kier alpha value is -0.840. The van der Waals surface area contributed by atoms with Crippen molar-refractivity contribution in [3.63, 3.8) is 0 Å². The SMILES string of the molecule is O=C(O)CC=C1CC2CCC(C1)S2(=O)=O. The molecule has 0 radical (unpaired) electrons. The van der Waals surface area contributed by atoms with Crippen molar-refractivity contribution in [1.29, 1.82) is 0 Å². The highest BCUT2D eigenvalue weighted by Crippen LogP contribution is 2.40. The Morgan fingerprint density at radius 3 is 2.33 bits per heavy atom. The van der Waals surface area contributed by atoms with Crippen molar-refractivity contribution < 1.29 is 18.3 Å². The first-order chi connectivity index (χ1) is 7.00. The molecule has 2 unspecified atom stereocenters. The van der Waals surface area contributed by atoms with Gasteiger partial charge >= 0.3 is 5.97 Å². The number of allylic oxidation sites excluding steroid dienone is 1. The van der Waals surface area contributed by atoms with Crippen LogP contribution in [-0.2, 0) is 14.6 Å². The molecule has 5 heteroatoms. The first-order valence-electron chi connectivity index (χ1n) is 5.12. The number of carboxylic acid groups (broad SMARTS) is 1. The van der Waals surface area contributed by atoms with Gasteiger partial charge in [0.25, 0.3) is 0 Å². The summed E-state index contributed by atoms with van der Waals surface area (Å²) in [6.07, 6.45) is 4.28. The third-order valence-corrected chi connectivity index (χ3v) is 5.95. The Kier molecular flexibility index (Phi) is 2.58. The maximum atomic E-state index is 11.7. The lowest BCUT2D eigenvalue weighted by Crippen LogP contribution is -2.29. The first kappa shape index (κ1) is 10.7. The van der Waals surface area contributed by atoms with Crippen molar-refractivity contribution >= 4 is 15.8 Å². The molecular formula is C10H14O4S. The van der Waals surface area contributed by atoms with E-state index in [1.165, 1.54) is 0 Å². The standard InChI is InChI=1S/C10H14O4S/c11-10(12)4-1-7-5-8-2-3-9(6-7)15(8,13)14/h1,8-9H,2-6H2,(H,11,12). The Balaban J connectivity index is 2.12. The minimum atomic E-state index is -2.89. The lowest BCUT2D eigenvalue weighted by Gasteiger charge is -2.22. The van der Waals surface area contributed by atoms with E-state index in [9.17, 15) is 13.2 Å². The summed E-state index contributed by atoms with van der Waals surface area (Å²) in [7, 11) is -2.89. The van der Waals surface area contributed by atoms with Crippen molar-refractivity contribution in [3.05, 3.63) is 11.6 Å². The smallest absolute Gasteiger partial charge is 0.307 e. The Bertz CT molecular complexity index is 385. The van der Waals surface area contributed by atoms with E-state index in [4.69, 9.17) is 5.11 Å². The normalized spacial score (nSPS) is 32.7. The molecule has 2 bridgehead atoms. The predicted octanol–water partition coefficient (Wildman–Crippen LogP) is 1.13. The van der Waals surface area contributed by atoms with Crippen LogP contribution in [0.5, 0.6) is 0 Å². The minimum Gasteiger partial charge on any atom is -0.481 e. The van der Waals surface area contributed by atoms with Gasteiger partial charge in [-0.3, -0.25) is 4.79 Å². The molecule has 2 saturated heterocycles. The molecule has 2 rings (SSSR count). The summed E-state index contributed by atoms with van der Waals surface area (Å²) in [5.74, 6) is -0.858. The quantitative estimate of drug-likeness (QED) is 0.722. The zero-order chi connectivity index (χ0) is 11.1. The van der Waals surface area contributed by atoms with Gasteiger partial charge in [0.15, 0.2) is 9.84 Å². The van der Waals surface area contributed by atoms with E-state index < -0.39 is 15.8 Å². The summed E-state index contributed by atoms with van der Waals surface area (Å²) in [4.78, 5) is 10.4. The first-order valence-corrected chi connectivity index (χ1v) is 6.73. The largest absolute Gasteiger partial charge is 0.481 e. The number of hydrogen-bond donors (Lipinski definition) is 1. The zero-order valence-corrected chi connectivity index (χ0v) is 9.16. The number of carbonyl (C=O) groups is 1. The molecule has 2 fully saturated rings. The van der Waals surface area contributed by atoms with Gasteiger partial charge in [0.05, 0.1) is 16.9 Å². The van der Waals surface area contributed by atoms with E-state index in [0.29, 0.717) is 12.8 Å². The molecule has 0 amide bonds. The Labute approximate surface area is 88.9 Å².